The molecule has 0 fully saturated rings. The molecular formula is C13H11F3N2O2. The zero-order chi connectivity index (χ0) is 14.8. The molecule has 0 aliphatic rings. The number of nitrogens with two attached hydrogens (primary N) is 1. The molecule has 7 heteroatoms. The number of pyridine rings is 1. The molecule has 1 aromatic heterocycles. The van der Waals surface area contributed by atoms with Crippen molar-refractivity contribution in [2.45, 2.75) is 13.0 Å². The van der Waals surface area contributed by atoms with Crippen LogP contribution in [0.25, 0.3) is 11.1 Å². The molecular weight excluding hydrogens is 273 g/mol. The summed E-state index contributed by atoms with van der Waals surface area (Å²) >= 11 is 0. The number of rotatable bonds is 3. The number of hydrogen-bond acceptors (Lipinski definition) is 4. The summed E-state index contributed by atoms with van der Waals surface area (Å²) in [5, 5.41) is 9.25. The van der Waals surface area contributed by atoms with Gasteiger partial charge >= 0.3 is 6.36 Å². The van der Waals surface area contributed by atoms with Crippen LogP contribution in [0, 0.1) is 0 Å². The molecule has 0 atom stereocenters. The summed E-state index contributed by atoms with van der Waals surface area (Å²) in [6, 6.07) is 8.57. The fourth-order valence-electron chi connectivity index (χ4n) is 1.79. The Hall–Kier alpha value is -2.28. The summed E-state index contributed by atoms with van der Waals surface area (Å²) in [7, 11) is 0. The maximum atomic E-state index is 12.4. The third-order valence-electron chi connectivity index (χ3n) is 2.55. The van der Waals surface area contributed by atoms with Crippen LogP contribution < -0.4 is 10.5 Å². The highest BCUT2D eigenvalue weighted by atomic mass is 19.4. The molecule has 0 saturated heterocycles. The molecule has 0 radical (unpaired) electrons. The number of halogens is 3. The summed E-state index contributed by atoms with van der Waals surface area (Å²) < 4.78 is 41.1. The topological polar surface area (TPSA) is 68.4 Å². The number of nitrogens with zero attached hydrogens (tertiary/aromatic N) is 1. The number of benzene rings is 1. The average Bonchev–Trinajstić information content (AvgIpc) is 2.38. The molecule has 0 aliphatic heterocycles. The zero-order valence-electron chi connectivity index (χ0n) is 10.2. The predicted molar refractivity (Wildman–Crippen MR) is 66.7 cm³/mol. The van der Waals surface area contributed by atoms with E-state index >= 15 is 0 Å². The molecule has 0 amide bonds. The standard InChI is InChI=1S/C13H11F3N2O2/c14-13(15,16)20-11-4-2-1-3-9(11)8-5-6-12(17)18-10(8)7-19/h1-6,19H,7H2,(H2,17,18). The van der Waals surface area contributed by atoms with E-state index in [0.29, 0.717) is 5.56 Å². The molecule has 3 N–H and O–H groups in total. The summed E-state index contributed by atoms with van der Waals surface area (Å²) in [4.78, 5) is 3.90. The molecule has 1 heterocycles. The number of para-hydroxylation sites is 1. The van der Waals surface area contributed by atoms with Crippen LogP contribution in [0.5, 0.6) is 5.75 Å². The molecule has 106 valence electrons. The molecule has 20 heavy (non-hydrogen) atoms. The van der Waals surface area contributed by atoms with Gasteiger partial charge in [-0.25, -0.2) is 4.98 Å². The van der Waals surface area contributed by atoms with Crippen LogP contribution >= 0.6 is 0 Å². The first-order chi connectivity index (χ1) is 9.40. The van der Waals surface area contributed by atoms with E-state index in [0.717, 1.165) is 0 Å². The molecule has 0 bridgehead atoms. The van der Waals surface area contributed by atoms with Crippen molar-refractivity contribution in [3.63, 3.8) is 0 Å². The Labute approximate surface area is 112 Å². The highest BCUT2D eigenvalue weighted by molar-refractivity contribution is 5.73. The largest absolute Gasteiger partial charge is 0.573 e. The molecule has 2 aromatic rings. The molecule has 0 saturated carbocycles. The van der Waals surface area contributed by atoms with Crippen molar-refractivity contribution in [2.75, 3.05) is 5.73 Å². The maximum Gasteiger partial charge on any atom is 0.573 e. The van der Waals surface area contributed by atoms with Gasteiger partial charge in [-0.1, -0.05) is 18.2 Å². The molecule has 0 spiro atoms. The van der Waals surface area contributed by atoms with E-state index in [9.17, 15) is 18.3 Å². The van der Waals surface area contributed by atoms with Crippen molar-refractivity contribution in [2.24, 2.45) is 0 Å². The monoisotopic (exact) mass is 284 g/mol. The van der Waals surface area contributed by atoms with Crippen molar-refractivity contribution in [1.82, 2.24) is 4.98 Å². The van der Waals surface area contributed by atoms with Gasteiger partial charge in [-0.15, -0.1) is 13.2 Å². The smallest absolute Gasteiger partial charge is 0.405 e. The van der Waals surface area contributed by atoms with Gasteiger partial charge in [-0.2, -0.15) is 0 Å². The van der Waals surface area contributed by atoms with Gasteiger partial charge in [0.15, 0.2) is 0 Å². The minimum Gasteiger partial charge on any atom is -0.405 e. The van der Waals surface area contributed by atoms with Crippen molar-refractivity contribution in [3.05, 3.63) is 42.1 Å². The van der Waals surface area contributed by atoms with Crippen LogP contribution in [-0.4, -0.2) is 16.5 Å². The van der Waals surface area contributed by atoms with Gasteiger partial charge in [0.2, 0.25) is 0 Å². The lowest BCUT2D eigenvalue weighted by Crippen LogP contribution is -2.17. The van der Waals surface area contributed by atoms with E-state index in [1.54, 1.807) is 6.07 Å². The SMILES string of the molecule is Nc1ccc(-c2ccccc2OC(F)(F)F)c(CO)n1. The van der Waals surface area contributed by atoms with Gasteiger partial charge in [-0.3, -0.25) is 0 Å². The highest BCUT2D eigenvalue weighted by Crippen LogP contribution is 2.35. The van der Waals surface area contributed by atoms with Gasteiger partial charge in [0.1, 0.15) is 11.6 Å². The molecule has 0 aliphatic carbocycles. The number of aliphatic hydroxyl groups is 1. The van der Waals surface area contributed by atoms with Gasteiger partial charge in [0.25, 0.3) is 0 Å². The van der Waals surface area contributed by atoms with Crippen LogP contribution in [0.1, 0.15) is 5.69 Å². The van der Waals surface area contributed by atoms with Crippen LogP contribution in [0.4, 0.5) is 19.0 Å². The Kier molecular flexibility index (Phi) is 3.80. The Bertz CT molecular complexity index is 615. The Morgan fingerprint density at radius 3 is 2.45 bits per heavy atom. The van der Waals surface area contributed by atoms with E-state index < -0.39 is 13.0 Å². The van der Waals surface area contributed by atoms with E-state index in [2.05, 4.69) is 9.72 Å². The fraction of sp³-hybridized carbons (Fsp3) is 0.154. The van der Waals surface area contributed by atoms with E-state index in [1.165, 1.54) is 30.3 Å². The first kappa shape index (κ1) is 14.1. The number of hydrogen-bond donors (Lipinski definition) is 2. The number of aliphatic hydroxyl groups excluding tert-OH is 1. The van der Waals surface area contributed by atoms with Gasteiger partial charge in [0, 0.05) is 11.1 Å². The minimum atomic E-state index is -4.79. The van der Waals surface area contributed by atoms with Crippen LogP contribution in [-0.2, 0) is 6.61 Å². The average molecular weight is 284 g/mol. The summed E-state index contributed by atoms with van der Waals surface area (Å²) in [5.41, 5.74) is 6.19. The third-order valence-corrected chi connectivity index (χ3v) is 2.55. The maximum absolute atomic E-state index is 12.4. The number of nitrogen functional groups attached to an aromatic ring is 1. The Balaban J connectivity index is 2.53. The summed E-state index contributed by atoms with van der Waals surface area (Å²) in [5.74, 6) is -0.187. The van der Waals surface area contributed by atoms with E-state index in [-0.39, 0.29) is 22.8 Å². The highest BCUT2D eigenvalue weighted by Gasteiger charge is 2.32. The first-order valence-corrected chi connectivity index (χ1v) is 5.62. The number of ether oxygens (including phenoxy) is 1. The number of anilines is 1. The fourth-order valence-corrected chi connectivity index (χ4v) is 1.79. The van der Waals surface area contributed by atoms with Crippen molar-refractivity contribution < 1.29 is 23.0 Å². The molecule has 4 nitrogen and oxygen atoms in total. The second-order valence-corrected chi connectivity index (χ2v) is 3.93. The quantitative estimate of drug-likeness (QED) is 0.909. The van der Waals surface area contributed by atoms with E-state index in [1.807, 2.05) is 0 Å². The lowest BCUT2D eigenvalue weighted by molar-refractivity contribution is -0.274. The predicted octanol–water partition coefficient (Wildman–Crippen LogP) is 2.72. The lowest BCUT2D eigenvalue weighted by atomic mass is 10.0. The zero-order valence-corrected chi connectivity index (χ0v) is 10.2. The second kappa shape index (κ2) is 5.38. The Morgan fingerprint density at radius 2 is 1.80 bits per heavy atom. The van der Waals surface area contributed by atoms with E-state index in [4.69, 9.17) is 5.73 Å². The number of alkyl halides is 3. The van der Waals surface area contributed by atoms with Crippen LogP contribution in [0.2, 0.25) is 0 Å². The molecule has 0 unspecified atom stereocenters. The van der Waals surface area contributed by atoms with Crippen molar-refractivity contribution in [1.29, 1.82) is 0 Å². The second-order valence-electron chi connectivity index (χ2n) is 3.93. The van der Waals surface area contributed by atoms with Crippen LogP contribution in [0.15, 0.2) is 36.4 Å². The van der Waals surface area contributed by atoms with Gasteiger partial charge < -0.3 is 15.6 Å². The van der Waals surface area contributed by atoms with Crippen molar-refractivity contribution in [3.8, 4) is 16.9 Å². The van der Waals surface area contributed by atoms with Gasteiger partial charge in [0.05, 0.1) is 12.3 Å². The summed E-state index contributed by atoms with van der Waals surface area (Å²) in [6.45, 7) is -0.444. The number of aromatic nitrogens is 1. The van der Waals surface area contributed by atoms with Crippen LogP contribution in [0.3, 0.4) is 0 Å². The molecule has 1 aromatic carbocycles. The molecule has 2 rings (SSSR count). The summed E-state index contributed by atoms with van der Waals surface area (Å²) in [6.07, 6.45) is -4.79. The first-order valence-electron chi connectivity index (χ1n) is 5.62. The third kappa shape index (κ3) is 3.18. The van der Waals surface area contributed by atoms with Crippen molar-refractivity contribution >= 4 is 5.82 Å². The Morgan fingerprint density at radius 1 is 1.10 bits per heavy atom. The normalized spacial score (nSPS) is 11.4. The minimum absolute atomic E-state index is 0.173. The lowest BCUT2D eigenvalue weighted by Gasteiger charge is -2.14. The van der Waals surface area contributed by atoms with Gasteiger partial charge in [-0.05, 0) is 18.2 Å².